The lowest BCUT2D eigenvalue weighted by atomic mass is 10.1. The fraction of sp³-hybridized carbons (Fsp3) is 0. The number of aliphatic imine (C=N–C) groups is 1. The van der Waals surface area contributed by atoms with Crippen LogP contribution in [0.4, 0.5) is 0 Å². The lowest BCUT2D eigenvalue weighted by Crippen LogP contribution is -2.26. The van der Waals surface area contributed by atoms with Gasteiger partial charge in [-0.1, -0.05) is 30.3 Å². The van der Waals surface area contributed by atoms with E-state index in [1.807, 2.05) is 6.07 Å². The standard InChI is InChI=1S/C17H12N2O3/c20-14(13-6-2-1-3-7-13)12-16-18-9-5-10-19(16)17(21)15-8-4-11-22-15/h1-12H. The first-order valence-corrected chi connectivity index (χ1v) is 6.65. The van der Waals surface area contributed by atoms with E-state index in [1.165, 1.54) is 23.5 Å². The van der Waals surface area contributed by atoms with Gasteiger partial charge in [-0.3, -0.25) is 14.5 Å². The summed E-state index contributed by atoms with van der Waals surface area (Å²) in [5.74, 6) is -0.178. The number of benzene rings is 1. The van der Waals surface area contributed by atoms with Gasteiger partial charge in [0.2, 0.25) is 0 Å². The van der Waals surface area contributed by atoms with Gasteiger partial charge in [-0.2, -0.15) is 0 Å². The van der Waals surface area contributed by atoms with E-state index in [2.05, 4.69) is 4.99 Å². The van der Waals surface area contributed by atoms with Crippen molar-refractivity contribution >= 4 is 17.9 Å². The molecule has 2 aromatic rings. The van der Waals surface area contributed by atoms with Gasteiger partial charge in [0, 0.05) is 24.1 Å². The van der Waals surface area contributed by atoms with Crippen LogP contribution in [-0.4, -0.2) is 22.8 Å². The van der Waals surface area contributed by atoms with Gasteiger partial charge in [0.1, 0.15) is 5.82 Å². The molecule has 0 N–H and O–H groups in total. The van der Waals surface area contributed by atoms with Gasteiger partial charge in [0.25, 0.3) is 5.91 Å². The van der Waals surface area contributed by atoms with Crippen LogP contribution in [0.15, 0.2) is 82.3 Å². The summed E-state index contributed by atoms with van der Waals surface area (Å²) in [4.78, 5) is 30.0. The molecule has 2 heterocycles. The second-order valence-corrected chi connectivity index (χ2v) is 4.50. The zero-order valence-electron chi connectivity index (χ0n) is 11.5. The number of furan rings is 1. The van der Waals surface area contributed by atoms with Crippen LogP contribution in [-0.2, 0) is 0 Å². The van der Waals surface area contributed by atoms with Crippen LogP contribution in [0.25, 0.3) is 0 Å². The van der Waals surface area contributed by atoms with E-state index in [4.69, 9.17) is 4.42 Å². The topological polar surface area (TPSA) is 62.9 Å². The van der Waals surface area contributed by atoms with Gasteiger partial charge >= 0.3 is 0 Å². The summed E-state index contributed by atoms with van der Waals surface area (Å²) >= 11 is 0. The number of carbonyl (C=O) groups is 2. The maximum atomic E-state index is 12.3. The summed E-state index contributed by atoms with van der Waals surface area (Å²) in [6, 6.07) is 12.0. The van der Waals surface area contributed by atoms with Crippen molar-refractivity contribution < 1.29 is 14.0 Å². The molecule has 5 heteroatoms. The number of allylic oxidation sites excluding steroid dienone is 2. The van der Waals surface area contributed by atoms with Crippen molar-refractivity contribution in [3.63, 3.8) is 0 Å². The van der Waals surface area contributed by atoms with Crippen LogP contribution in [0, 0.1) is 0 Å². The molecular weight excluding hydrogens is 280 g/mol. The summed E-state index contributed by atoms with van der Waals surface area (Å²) < 4.78 is 5.10. The first kappa shape index (κ1) is 13.8. The second-order valence-electron chi connectivity index (χ2n) is 4.50. The predicted molar refractivity (Wildman–Crippen MR) is 81.4 cm³/mol. The molecule has 108 valence electrons. The van der Waals surface area contributed by atoms with E-state index in [0.29, 0.717) is 5.56 Å². The Labute approximate surface area is 126 Å². The molecule has 0 saturated carbocycles. The lowest BCUT2D eigenvalue weighted by molar-refractivity contribution is 0.0825. The maximum Gasteiger partial charge on any atom is 0.299 e. The first-order valence-electron chi connectivity index (χ1n) is 6.65. The fourth-order valence-corrected chi connectivity index (χ4v) is 1.98. The number of nitrogens with zero attached hydrogens (tertiary/aromatic N) is 2. The lowest BCUT2D eigenvalue weighted by Gasteiger charge is -2.19. The van der Waals surface area contributed by atoms with E-state index in [0.717, 1.165) is 0 Å². The van der Waals surface area contributed by atoms with Crippen LogP contribution in [0.5, 0.6) is 0 Å². The molecule has 1 aliphatic heterocycles. The molecule has 1 aromatic heterocycles. The van der Waals surface area contributed by atoms with Crippen molar-refractivity contribution in [3.8, 4) is 0 Å². The molecule has 0 radical (unpaired) electrons. The van der Waals surface area contributed by atoms with E-state index in [-0.39, 0.29) is 23.3 Å². The maximum absolute atomic E-state index is 12.3. The molecule has 0 fully saturated rings. The van der Waals surface area contributed by atoms with E-state index >= 15 is 0 Å². The molecule has 1 aromatic carbocycles. The van der Waals surface area contributed by atoms with E-state index in [9.17, 15) is 9.59 Å². The average Bonchev–Trinajstić information content (AvgIpc) is 3.10. The van der Waals surface area contributed by atoms with Crippen molar-refractivity contribution in [2.24, 2.45) is 4.99 Å². The molecule has 0 unspecified atom stereocenters. The Kier molecular flexibility index (Phi) is 3.78. The fourth-order valence-electron chi connectivity index (χ4n) is 1.98. The molecule has 0 spiro atoms. The van der Waals surface area contributed by atoms with E-state index in [1.54, 1.807) is 48.7 Å². The Hall–Kier alpha value is -3.21. The summed E-state index contributed by atoms with van der Waals surface area (Å²) in [6.07, 6.45) is 7.43. The number of amides is 1. The monoisotopic (exact) mass is 292 g/mol. The molecule has 0 atom stereocenters. The Balaban J connectivity index is 1.89. The van der Waals surface area contributed by atoms with Gasteiger partial charge in [-0.05, 0) is 18.2 Å². The number of ketones is 1. The van der Waals surface area contributed by atoms with Gasteiger partial charge in [0.05, 0.1) is 6.26 Å². The smallest absolute Gasteiger partial charge is 0.299 e. The van der Waals surface area contributed by atoms with Gasteiger partial charge in [-0.15, -0.1) is 0 Å². The SMILES string of the molecule is O=C(C=C1N=CC=CN1C(=O)c1ccco1)c1ccccc1. The third-order valence-corrected chi connectivity index (χ3v) is 3.04. The highest BCUT2D eigenvalue weighted by molar-refractivity contribution is 6.06. The summed E-state index contributed by atoms with van der Waals surface area (Å²) in [5, 5.41) is 0. The number of rotatable bonds is 3. The van der Waals surface area contributed by atoms with Crippen molar-refractivity contribution in [1.29, 1.82) is 0 Å². The Morgan fingerprint density at radius 3 is 2.64 bits per heavy atom. The summed E-state index contributed by atoms with van der Waals surface area (Å²) in [6.45, 7) is 0. The zero-order valence-corrected chi connectivity index (χ0v) is 11.5. The molecule has 0 bridgehead atoms. The molecule has 0 saturated heterocycles. The largest absolute Gasteiger partial charge is 0.459 e. The van der Waals surface area contributed by atoms with Crippen LogP contribution >= 0.6 is 0 Å². The second kappa shape index (κ2) is 6.05. The Bertz CT molecular complexity index is 772. The molecule has 22 heavy (non-hydrogen) atoms. The third kappa shape index (κ3) is 2.78. The highest BCUT2D eigenvalue weighted by atomic mass is 16.3. The Morgan fingerprint density at radius 2 is 1.91 bits per heavy atom. The highest BCUT2D eigenvalue weighted by Gasteiger charge is 2.21. The molecule has 1 aliphatic rings. The molecule has 0 aliphatic carbocycles. The van der Waals surface area contributed by atoms with Crippen LogP contribution in [0.2, 0.25) is 0 Å². The minimum atomic E-state index is -0.384. The van der Waals surface area contributed by atoms with E-state index < -0.39 is 0 Å². The van der Waals surface area contributed by atoms with Crippen molar-refractivity contribution in [3.05, 3.63) is 84.2 Å². The summed E-state index contributed by atoms with van der Waals surface area (Å²) in [7, 11) is 0. The van der Waals surface area contributed by atoms with Crippen molar-refractivity contribution in [1.82, 2.24) is 4.90 Å². The van der Waals surface area contributed by atoms with Crippen molar-refractivity contribution in [2.75, 3.05) is 0 Å². The molecular formula is C17H12N2O3. The minimum Gasteiger partial charge on any atom is -0.459 e. The van der Waals surface area contributed by atoms with Gasteiger partial charge in [0.15, 0.2) is 11.5 Å². The quantitative estimate of drug-likeness (QED) is 0.645. The molecule has 3 rings (SSSR count). The Morgan fingerprint density at radius 1 is 1.09 bits per heavy atom. The van der Waals surface area contributed by atoms with Crippen LogP contribution in [0.1, 0.15) is 20.9 Å². The highest BCUT2D eigenvalue weighted by Crippen LogP contribution is 2.17. The normalized spacial score (nSPS) is 15.3. The van der Waals surface area contributed by atoms with Crippen LogP contribution < -0.4 is 0 Å². The first-order chi connectivity index (χ1) is 10.8. The number of hydrogen-bond donors (Lipinski definition) is 0. The molecule has 1 amide bonds. The number of hydrogen-bond acceptors (Lipinski definition) is 4. The minimum absolute atomic E-state index is 0.180. The third-order valence-electron chi connectivity index (χ3n) is 3.04. The zero-order chi connectivity index (χ0) is 15.4. The summed E-state index contributed by atoms with van der Waals surface area (Å²) in [5.41, 5.74) is 0.533. The average molecular weight is 292 g/mol. The van der Waals surface area contributed by atoms with Gasteiger partial charge < -0.3 is 4.42 Å². The van der Waals surface area contributed by atoms with Crippen LogP contribution in [0.3, 0.4) is 0 Å². The van der Waals surface area contributed by atoms with Gasteiger partial charge in [-0.25, -0.2) is 4.99 Å². The number of carbonyl (C=O) groups excluding carboxylic acids is 2. The molecule has 5 nitrogen and oxygen atoms in total. The predicted octanol–water partition coefficient (Wildman–Crippen LogP) is 3.04. The van der Waals surface area contributed by atoms with Crippen molar-refractivity contribution in [2.45, 2.75) is 0 Å².